The van der Waals surface area contributed by atoms with Crippen molar-refractivity contribution >= 4 is 57.2 Å². The summed E-state index contributed by atoms with van der Waals surface area (Å²) in [5.74, 6) is 0.923. The average Bonchev–Trinajstić information content (AvgIpc) is 3.41. The monoisotopic (exact) mass is 523 g/mol. The highest BCUT2D eigenvalue weighted by atomic mass is 127. The van der Waals surface area contributed by atoms with Crippen LogP contribution < -0.4 is 15.5 Å². The number of fused-ring (bicyclic) bond motifs is 1. The van der Waals surface area contributed by atoms with Crippen LogP contribution in [0.15, 0.2) is 59.0 Å². The topological polar surface area (TPSA) is 44.6 Å². The molecule has 0 saturated carbocycles. The molecule has 29 heavy (non-hydrogen) atoms. The molecular weight excluding hydrogens is 493 g/mol. The Kier molecular flexibility index (Phi) is 8.23. The maximum atomic E-state index is 4.41. The smallest absolute Gasteiger partial charge is 0.191 e. The van der Waals surface area contributed by atoms with Crippen molar-refractivity contribution in [3.63, 3.8) is 0 Å². The van der Waals surface area contributed by atoms with Gasteiger partial charge in [0.2, 0.25) is 0 Å². The maximum Gasteiger partial charge on any atom is 0.191 e. The van der Waals surface area contributed by atoms with E-state index in [1.165, 1.54) is 15.9 Å². The third kappa shape index (κ3) is 5.66. The second-order valence-corrected chi connectivity index (χ2v) is 8.20. The fourth-order valence-corrected chi connectivity index (χ4v) is 4.66. The van der Waals surface area contributed by atoms with Crippen molar-refractivity contribution in [2.75, 3.05) is 31.6 Å². The molecule has 0 unspecified atom stereocenters. The zero-order chi connectivity index (χ0) is 19.2. The van der Waals surface area contributed by atoms with E-state index in [-0.39, 0.29) is 24.0 Å². The standard InChI is InChI=1S/C22H29N5S.HI/c1-23-22(25-19-10-15-27(16-11-19)21-8-4-17-28-21)24-12-5-13-26-14-9-18-6-2-3-7-20(18)26;/h2-4,6-9,14,17,19H,5,10-13,15-16H2,1H3,(H2,23,24,25);1H. The Labute approximate surface area is 194 Å². The van der Waals surface area contributed by atoms with Gasteiger partial charge in [-0.2, -0.15) is 0 Å². The maximum absolute atomic E-state index is 4.41. The van der Waals surface area contributed by atoms with E-state index in [0.717, 1.165) is 51.4 Å². The fraction of sp³-hybridized carbons (Fsp3) is 0.409. The Morgan fingerprint density at radius 1 is 1.14 bits per heavy atom. The van der Waals surface area contributed by atoms with Crippen LogP contribution in [-0.2, 0) is 6.54 Å². The third-order valence-electron chi connectivity index (χ3n) is 5.43. The van der Waals surface area contributed by atoms with Crippen molar-refractivity contribution in [2.45, 2.75) is 31.8 Å². The Morgan fingerprint density at radius 3 is 2.72 bits per heavy atom. The van der Waals surface area contributed by atoms with Crippen molar-refractivity contribution in [1.82, 2.24) is 15.2 Å². The van der Waals surface area contributed by atoms with E-state index in [1.807, 2.05) is 18.4 Å². The molecule has 0 radical (unpaired) electrons. The molecule has 2 aromatic heterocycles. The number of hydrogen-bond acceptors (Lipinski definition) is 3. The second kappa shape index (κ2) is 10.9. The number of aromatic nitrogens is 1. The van der Waals surface area contributed by atoms with Crippen LogP contribution in [0.1, 0.15) is 19.3 Å². The number of aliphatic imine (C=N–C) groups is 1. The van der Waals surface area contributed by atoms with Crippen LogP contribution in [0.4, 0.5) is 5.00 Å². The quantitative estimate of drug-likeness (QED) is 0.216. The van der Waals surface area contributed by atoms with Gasteiger partial charge < -0.3 is 20.1 Å². The predicted octanol–water partition coefficient (Wildman–Crippen LogP) is 4.54. The summed E-state index contributed by atoms with van der Waals surface area (Å²) in [5, 5.41) is 11.9. The van der Waals surface area contributed by atoms with Crippen LogP contribution in [-0.4, -0.2) is 43.3 Å². The minimum absolute atomic E-state index is 0. The van der Waals surface area contributed by atoms with Crippen molar-refractivity contribution in [3.05, 3.63) is 54.0 Å². The minimum Gasteiger partial charge on any atom is -0.363 e. The summed E-state index contributed by atoms with van der Waals surface area (Å²) in [6, 6.07) is 15.6. The molecule has 0 atom stereocenters. The lowest BCUT2D eigenvalue weighted by Gasteiger charge is -2.33. The molecule has 7 heteroatoms. The van der Waals surface area contributed by atoms with E-state index >= 15 is 0 Å². The summed E-state index contributed by atoms with van der Waals surface area (Å²) in [6.07, 6.45) is 5.54. The molecule has 0 spiro atoms. The number of thiophene rings is 1. The van der Waals surface area contributed by atoms with Gasteiger partial charge in [-0.3, -0.25) is 4.99 Å². The summed E-state index contributed by atoms with van der Waals surface area (Å²) in [5.41, 5.74) is 1.31. The van der Waals surface area contributed by atoms with Crippen LogP contribution in [0.3, 0.4) is 0 Å². The first-order valence-corrected chi connectivity index (χ1v) is 11.0. The molecule has 5 nitrogen and oxygen atoms in total. The van der Waals surface area contributed by atoms with Gasteiger partial charge in [-0.1, -0.05) is 18.2 Å². The van der Waals surface area contributed by atoms with Crippen molar-refractivity contribution in [2.24, 2.45) is 4.99 Å². The van der Waals surface area contributed by atoms with E-state index in [4.69, 9.17) is 0 Å². The van der Waals surface area contributed by atoms with Crippen LogP contribution in [0.2, 0.25) is 0 Å². The molecule has 0 amide bonds. The van der Waals surface area contributed by atoms with Gasteiger partial charge in [0, 0.05) is 51.0 Å². The summed E-state index contributed by atoms with van der Waals surface area (Å²) in [6.45, 7) is 4.14. The summed E-state index contributed by atoms with van der Waals surface area (Å²) in [7, 11) is 1.86. The molecule has 1 aromatic carbocycles. The number of guanidine groups is 1. The molecule has 1 saturated heterocycles. The number of para-hydroxylation sites is 1. The van der Waals surface area contributed by atoms with Gasteiger partial charge in [-0.05, 0) is 54.3 Å². The third-order valence-corrected chi connectivity index (χ3v) is 6.35. The van der Waals surface area contributed by atoms with E-state index in [9.17, 15) is 0 Å². The summed E-state index contributed by atoms with van der Waals surface area (Å²) in [4.78, 5) is 6.90. The lowest BCUT2D eigenvalue weighted by Crippen LogP contribution is -2.48. The molecule has 156 valence electrons. The van der Waals surface area contributed by atoms with Crippen molar-refractivity contribution < 1.29 is 0 Å². The highest BCUT2D eigenvalue weighted by Gasteiger charge is 2.20. The Balaban J connectivity index is 0.00000240. The highest BCUT2D eigenvalue weighted by Crippen LogP contribution is 2.24. The van der Waals surface area contributed by atoms with Crippen LogP contribution in [0, 0.1) is 0 Å². The van der Waals surface area contributed by atoms with E-state index in [0.29, 0.717) is 6.04 Å². The molecule has 0 aliphatic carbocycles. The largest absolute Gasteiger partial charge is 0.363 e. The van der Waals surface area contributed by atoms with Crippen molar-refractivity contribution in [1.29, 1.82) is 0 Å². The van der Waals surface area contributed by atoms with Gasteiger partial charge in [-0.25, -0.2) is 0 Å². The van der Waals surface area contributed by atoms with Gasteiger partial charge in [0.05, 0.1) is 5.00 Å². The Hall–Kier alpha value is -1.74. The number of rotatable bonds is 6. The summed E-state index contributed by atoms with van der Waals surface area (Å²) < 4.78 is 2.33. The molecule has 2 N–H and O–H groups in total. The van der Waals surface area contributed by atoms with E-state index in [2.05, 4.69) is 79.1 Å². The number of benzene rings is 1. The molecule has 4 rings (SSSR count). The average molecular weight is 523 g/mol. The minimum atomic E-state index is 0. The lowest BCUT2D eigenvalue weighted by atomic mass is 10.1. The molecule has 1 fully saturated rings. The van der Waals surface area contributed by atoms with E-state index in [1.54, 1.807) is 0 Å². The van der Waals surface area contributed by atoms with Crippen LogP contribution in [0.5, 0.6) is 0 Å². The number of piperidine rings is 1. The first-order chi connectivity index (χ1) is 13.8. The van der Waals surface area contributed by atoms with Gasteiger partial charge in [0.1, 0.15) is 0 Å². The fourth-order valence-electron chi connectivity index (χ4n) is 3.87. The normalized spacial score (nSPS) is 15.3. The molecule has 0 bridgehead atoms. The molecule has 3 heterocycles. The number of hydrogen-bond donors (Lipinski definition) is 2. The van der Waals surface area contributed by atoms with Gasteiger partial charge in [-0.15, -0.1) is 35.3 Å². The SMILES string of the molecule is CN=C(NCCCn1ccc2ccccc21)NC1CCN(c2cccs2)CC1.I. The number of anilines is 1. The van der Waals surface area contributed by atoms with Crippen LogP contribution >= 0.6 is 35.3 Å². The first-order valence-electron chi connectivity index (χ1n) is 10.1. The predicted molar refractivity (Wildman–Crippen MR) is 136 cm³/mol. The summed E-state index contributed by atoms with van der Waals surface area (Å²) >= 11 is 1.83. The van der Waals surface area contributed by atoms with Gasteiger partial charge >= 0.3 is 0 Å². The second-order valence-electron chi connectivity index (χ2n) is 7.28. The molecular formula is C22H30IN5S. The molecule has 1 aliphatic rings. The zero-order valence-corrected chi connectivity index (χ0v) is 20.0. The highest BCUT2D eigenvalue weighted by molar-refractivity contribution is 14.0. The number of nitrogens with one attached hydrogen (secondary N) is 2. The number of halogens is 1. The number of aryl methyl sites for hydroxylation is 1. The zero-order valence-electron chi connectivity index (χ0n) is 16.9. The van der Waals surface area contributed by atoms with Crippen molar-refractivity contribution in [3.8, 4) is 0 Å². The molecule has 3 aromatic rings. The Morgan fingerprint density at radius 2 is 1.97 bits per heavy atom. The lowest BCUT2D eigenvalue weighted by molar-refractivity contribution is 0.462. The van der Waals surface area contributed by atoms with Gasteiger partial charge in [0.15, 0.2) is 5.96 Å². The Bertz CT molecular complexity index is 897. The van der Waals surface area contributed by atoms with Crippen LogP contribution in [0.25, 0.3) is 10.9 Å². The molecule has 1 aliphatic heterocycles. The van der Waals surface area contributed by atoms with E-state index < -0.39 is 0 Å². The number of nitrogens with zero attached hydrogens (tertiary/aromatic N) is 3. The first kappa shape index (κ1) is 22.0. The van der Waals surface area contributed by atoms with Gasteiger partial charge in [0.25, 0.3) is 0 Å².